The summed E-state index contributed by atoms with van der Waals surface area (Å²) in [6, 6.07) is 5.65. The number of rotatable bonds is 3. The molecule has 1 aromatic heterocycles. The van der Waals surface area contributed by atoms with Crippen LogP contribution in [0.3, 0.4) is 0 Å². The average molecular weight is 272 g/mol. The van der Waals surface area contributed by atoms with Crippen LogP contribution in [0.4, 0.5) is 0 Å². The van der Waals surface area contributed by atoms with Gasteiger partial charge in [0.05, 0.1) is 22.9 Å². The van der Waals surface area contributed by atoms with Crippen molar-refractivity contribution in [2.45, 2.75) is 45.1 Å². The number of benzene rings is 1. The molecule has 0 spiro atoms. The molecule has 4 nitrogen and oxygen atoms in total. The predicted octanol–water partition coefficient (Wildman–Crippen LogP) is 3.88. The summed E-state index contributed by atoms with van der Waals surface area (Å²) in [5, 5.41) is 9.15. The monoisotopic (exact) mass is 272 g/mol. The second-order valence-corrected chi connectivity index (χ2v) is 5.68. The Bertz CT molecular complexity index is 632. The van der Waals surface area contributed by atoms with E-state index < -0.39 is 5.97 Å². The summed E-state index contributed by atoms with van der Waals surface area (Å²) in [5.41, 5.74) is 2.17. The van der Waals surface area contributed by atoms with Gasteiger partial charge in [-0.25, -0.2) is 9.78 Å². The first-order chi connectivity index (χ1) is 9.70. The lowest BCUT2D eigenvalue weighted by Gasteiger charge is -2.32. The number of hydrogen-bond acceptors (Lipinski definition) is 2. The molecular weight excluding hydrogens is 252 g/mol. The van der Waals surface area contributed by atoms with Gasteiger partial charge in [0, 0.05) is 6.04 Å². The lowest BCUT2D eigenvalue weighted by molar-refractivity contribution is 0.0697. The minimum absolute atomic E-state index is 0.336. The van der Waals surface area contributed by atoms with Crippen LogP contribution in [0.25, 0.3) is 11.0 Å². The van der Waals surface area contributed by atoms with Gasteiger partial charge in [-0.3, -0.25) is 0 Å². The molecule has 106 valence electrons. The highest BCUT2D eigenvalue weighted by molar-refractivity contribution is 5.92. The lowest BCUT2D eigenvalue weighted by atomic mass is 9.82. The molecule has 0 saturated heterocycles. The van der Waals surface area contributed by atoms with Crippen LogP contribution >= 0.6 is 0 Å². The maximum Gasteiger partial charge on any atom is 0.335 e. The summed E-state index contributed by atoms with van der Waals surface area (Å²) in [6.45, 7) is 2.24. The van der Waals surface area contributed by atoms with E-state index in [2.05, 4.69) is 16.5 Å². The number of aromatic carboxylic acids is 1. The molecule has 0 amide bonds. The van der Waals surface area contributed by atoms with Crippen LogP contribution in [0.15, 0.2) is 24.5 Å². The second kappa shape index (κ2) is 5.27. The molecular formula is C16H20N2O2. The number of carboxylic acid groups (broad SMARTS) is 1. The number of aromatic nitrogens is 2. The van der Waals surface area contributed by atoms with Crippen LogP contribution in [-0.4, -0.2) is 20.6 Å². The first kappa shape index (κ1) is 13.2. The van der Waals surface area contributed by atoms with E-state index in [4.69, 9.17) is 5.11 Å². The predicted molar refractivity (Wildman–Crippen MR) is 78.0 cm³/mol. The Hall–Kier alpha value is -1.84. The molecule has 0 radical (unpaired) electrons. The fourth-order valence-electron chi connectivity index (χ4n) is 3.45. The molecule has 2 atom stereocenters. The van der Waals surface area contributed by atoms with Crippen molar-refractivity contribution in [3.8, 4) is 0 Å². The zero-order valence-electron chi connectivity index (χ0n) is 11.7. The molecule has 1 N–H and O–H groups in total. The molecule has 1 aliphatic rings. The fourth-order valence-corrected chi connectivity index (χ4v) is 3.45. The highest BCUT2D eigenvalue weighted by atomic mass is 16.4. The Morgan fingerprint density at radius 2 is 2.20 bits per heavy atom. The van der Waals surface area contributed by atoms with Gasteiger partial charge >= 0.3 is 5.97 Å². The van der Waals surface area contributed by atoms with Crippen molar-refractivity contribution in [2.24, 2.45) is 5.92 Å². The SMILES string of the molecule is CCC1CCCCC1n1cnc2ccc(C(=O)O)cc21. The van der Waals surface area contributed by atoms with Gasteiger partial charge in [0.2, 0.25) is 0 Å². The third-order valence-electron chi connectivity index (χ3n) is 4.57. The van der Waals surface area contributed by atoms with Crippen LogP contribution in [-0.2, 0) is 0 Å². The summed E-state index contributed by atoms with van der Waals surface area (Å²) >= 11 is 0. The Morgan fingerprint density at radius 1 is 1.40 bits per heavy atom. The number of imidazole rings is 1. The summed E-state index contributed by atoms with van der Waals surface area (Å²) in [7, 11) is 0. The molecule has 4 heteroatoms. The number of nitrogens with zero attached hydrogens (tertiary/aromatic N) is 2. The van der Waals surface area contributed by atoms with E-state index in [1.54, 1.807) is 18.2 Å². The van der Waals surface area contributed by atoms with Crippen molar-refractivity contribution in [1.29, 1.82) is 0 Å². The molecule has 1 aliphatic carbocycles. The van der Waals surface area contributed by atoms with Crippen molar-refractivity contribution in [3.63, 3.8) is 0 Å². The quantitative estimate of drug-likeness (QED) is 0.922. The Kier molecular flexibility index (Phi) is 3.47. The molecule has 3 rings (SSSR count). The highest BCUT2D eigenvalue weighted by Crippen LogP contribution is 2.37. The first-order valence-corrected chi connectivity index (χ1v) is 7.40. The molecule has 2 unspecified atom stereocenters. The highest BCUT2D eigenvalue weighted by Gasteiger charge is 2.26. The maximum absolute atomic E-state index is 11.1. The van der Waals surface area contributed by atoms with E-state index in [9.17, 15) is 4.79 Å². The molecule has 20 heavy (non-hydrogen) atoms. The molecule has 0 aliphatic heterocycles. The fraction of sp³-hybridized carbons (Fsp3) is 0.500. The normalized spacial score (nSPS) is 23.1. The smallest absolute Gasteiger partial charge is 0.335 e. The van der Waals surface area contributed by atoms with Gasteiger partial charge in [0.15, 0.2) is 0 Å². The Labute approximate surface area is 118 Å². The van der Waals surface area contributed by atoms with Crippen molar-refractivity contribution < 1.29 is 9.90 Å². The maximum atomic E-state index is 11.1. The number of hydrogen-bond donors (Lipinski definition) is 1. The lowest BCUT2D eigenvalue weighted by Crippen LogP contribution is -2.22. The van der Waals surface area contributed by atoms with Gasteiger partial charge < -0.3 is 9.67 Å². The van der Waals surface area contributed by atoms with Crippen molar-refractivity contribution in [1.82, 2.24) is 9.55 Å². The van der Waals surface area contributed by atoms with E-state index in [1.807, 2.05) is 6.33 Å². The first-order valence-electron chi connectivity index (χ1n) is 7.40. The van der Waals surface area contributed by atoms with Gasteiger partial charge in [-0.05, 0) is 37.0 Å². The molecule has 0 bridgehead atoms. The van der Waals surface area contributed by atoms with E-state index in [0.29, 0.717) is 17.5 Å². The number of carboxylic acids is 1. The van der Waals surface area contributed by atoms with Crippen LogP contribution in [0.5, 0.6) is 0 Å². The van der Waals surface area contributed by atoms with E-state index in [-0.39, 0.29) is 0 Å². The van der Waals surface area contributed by atoms with Crippen molar-refractivity contribution in [3.05, 3.63) is 30.1 Å². The Balaban J connectivity index is 2.06. The van der Waals surface area contributed by atoms with Crippen LogP contribution in [0, 0.1) is 5.92 Å². The summed E-state index contributed by atoms with van der Waals surface area (Å²) in [4.78, 5) is 15.6. The van der Waals surface area contributed by atoms with Gasteiger partial charge in [-0.1, -0.05) is 26.2 Å². The third-order valence-corrected chi connectivity index (χ3v) is 4.57. The van der Waals surface area contributed by atoms with Crippen LogP contribution in [0.2, 0.25) is 0 Å². The standard InChI is InChI=1S/C16H20N2O2/c1-2-11-5-3-4-6-14(11)18-10-17-13-8-7-12(16(19)20)9-15(13)18/h7-11,14H,2-6H2,1H3,(H,19,20). The Morgan fingerprint density at radius 3 is 2.95 bits per heavy atom. The summed E-state index contributed by atoms with van der Waals surface area (Å²) in [5.74, 6) is -0.204. The molecule has 2 aromatic rings. The summed E-state index contributed by atoms with van der Waals surface area (Å²) in [6.07, 6.45) is 8.04. The number of fused-ring (bicyclic) bond motifs is 1. The van der Waals surface area contributed by atoms with Gasteiger partial charge in [-0.15, -0.1) is 0 Å². The number of carbonyl (C=O) groups is 1. The van der Waals surface area contributed by atoms with E-state index >= 15 is 0 Å². The largest absolute Gasteiger partial charge is 0.478 e. The van der Waals surface area contributed by atoms with Crippen LogP contribution in [0.1, 0.15) is 55.4 Å². The second-order valence-electron chi connectivity index (χ2n) is 5.68. The molecule has 1 heterocycles. The average Bonchev–Trinajstić information content (AvgIpc) is 2.89. The molecule has 1 saturated carbocycles. The van der Waals surface area contributed by atoms with Crippen LogP contribution < -0.4 is 0 Å². The van der Waals surface area contributed by atoms with Crippen molar-refractivity contribution >= 4 is 17.0 Å². The van der Waals surface area contributed by atoms with Gasteiger partial charge in [0.25, 0.3) is 0 Å². The topological polar surface area (TPSA) is 55.1 Å². The van der Waals surface area contributed by atoms with Gasteiger partial charge in [-0.2, -0.15) is 0 Å². The molecule has 1 aromatic carbocycles. The van der Waals surface area contributed by atoms with E-state index in [0.717, 1.165) is 11.0 Å². The minimum atomic E-state index is -0.879. The van der Waals surface area contributed by atoms with Gasteiger partial charge in [0.1, 0.15) is 0 Å². The molecule has 1 fully saturated rings. The van der Waals surface area contributed by atoms with Crippen molar-refractivity contribution in [2.75, 3.05) is 0 Å². The zero-order chi connectivity index (χ0) is 14.1. The van der Waals surface area contributed by atoms with E-state index in [1.165, 1.54) is 32.1 Å². The zero-order valence-corrected chi connectivity index (χ0v) is 11.7. The summed E-state index contributed by atoms with van der Waals surface area (Å²) < 4.78 is 2.20. The minimum Gasteiger partial charge on any atom is -0.478 e. The third kappa shape index (κ3) is 2.19.